The van der Waals surface area contributed by atoms with Gasteiger partial charge in [-0.25, -0.2) is 0 Å². The van der Waals surface area contributed by atoms with E-state index in [1.54, 1.807) is 0 Å². The van der Waals surface area contributed by atoms with E-state index in [0.29, 0.717) is 0 Å². The molecular weight excluding hydrogens is 727 g/mol. The highest BCUT2D eigenvalue weighted by atomic mass is 16.3. The van der Waals surface area contributed by atoms with E-state index >= 15 is 0 Å². The van der Waals surface area contributed by atoms with Crippen LogP contribution in [0.2, 0.25) is 0 Å². The molecule has 0 aliphatic heterocycles. The molecular formula is C58H39NO. The molecule has 0 saturated carbocycles. The second-order valence-electron chi connectivity index (χ2n) is 15.3. The first-order chi connectivity index (χ1) is 29.7. The molecule has 60 heavy (non-hydrogen) atoms. The molecule has 0 amide bonds. The van der Waals surface area contributed by atoms with Crippen LogP contribution >= 0.6 is 0 Å². The van der Waals surface area contributed by atoms with Crippen LogP contribution in [0.1, 0.15) is 0 Å². The molecule has 10 aromatic carbocycles. The van der Waals surface area contributed by atoms with Gasteiger partial charge in [-0.1, -0.05) is 188 Å². The van der Waals surface area contributed by atoms with Crippen molar-refractivity contribution in [3.63, 3.8) is 0 Å². The number of hydrogen-bond acceptors (Lipinski definition) is 2. The number of para-hydroxylation sites is 3. The summed E-state index contributed by atoms with van der Waals surface area (Å²) in [6, 6.07) is 85.0. The highest BCUT2D eigenvalue weighted by Crippen LogP contribution is 2.45. The lowest BCUT2D eigenvalue weighted by Crippen LogP contribution is -2.11. The molecule has 0 aliphatic carbocycles. The lowest BCUT2D eigenvalue weighted by Gasteiger charge is -2.29. The minimum absolute atomic E-state index is 0.899. The van der Waals surface area contributed by atoms with Crippen molar-refractivity contribution in [2.75, 3.05) is 4.90 Å². The van der Waals surface area contributed by atoms with Crippen molar-refractivity contribution in [3.8, 4) is 55.6 Å². The maximum Gasteiger partial charge on any atom is 0.143 e. The van der Waals surface area contributed by atoms with Crippen LogP contribution < -0.4 is 4.90 Å². The van der Waals surface area contributed by atoms with Gasteiger partial charge in [0.05, 0.1) is 5.69 Å². The minimum atomic E-state index is 0.899. The number of benzene rings is 10. The third-order valence-electron chi connectivity index (χ3n) is 11.7. The van der Waals surface area contributed by atoms with Gasteiger partial charge in [0.2, 0.25) is 0 Å². The number of nitrogens with zero attached hydrogens (tertiary/aromatic N) is 1. The Hall–Kier alpha value is -7.94. The second kappa shape index (κ2) is 15.1. The average Bonchev–Trinajstić information content (AvgIpc) is 3.72. The zero-order chi connectivity index (χ0) is 39.8. The molecule has 11 rings (SSSR count). The van der Waals surface area contributed by atoms with Crippen molar-refractivity contribution in [1.82, 2.24) is 0 Å². The van der Waals surface area contributed by atoms with Crippen molar-refractivity contribution in [1.29, 1.82) is 0 Å². The third-order valence-corrected chi connectivity index (χ3v) is 11.7. The molecule has 2 heteroatoms. The maximum atomic E-state index is 6.48. The fourth-order valence-electron chi connectivity index (χ4n) is 8.77. The van der Waals surface area contributed by atoms with Gasteiger partial charge in [-0.2, -0.15) is 0 Å². The zero-order valence-electron chi connectivity index (χ0n) is 32.9. The number of hydrogen-bond donors (Lipinski definition) is 0. The van der Waals surface area contributed by atoms with E-state index in [2.05, 4.69) is 229 Å². The third kappa shape index (κ3) is 6.41. The van der Waals surface area contributed by atoms with Gasteiger partial charge < -0.3 is 9.32 Å². The van der Waals surface area contributed by atoms with Gasteiger partial charge >= 0.3 is 0 Å². The lowest BCUT2D eigenvalue weighted by atomic mass is 9.94. The summed E-state index contributed by atoms with van der Waals surface area (Å²) in [5.41, 5.74) is 16.5. The van der Waals surface area contributed by atoms with Gasteiger partial charge in [-0.3, -0.25) is 0 Å². The molecule has 282 valence electrons. The summed E-state index contributed by atoms with van der Waals surface area (Å²) >= 11 is 0. The van der Waals surface area contributed by atoms with Gasteiger partial charge in [-0.15, -0.1) is 0 Å². The first kappa shape index (κ1) is 35.2. The summed E-state index contributed by atoms with van der Waals surface area (Å²) in [7, 11) is 0. The van der Waals surface area contributed by atoms with Crippen LogP contribution in [0, 0.1) is 0 Å². The van der Waals surface area contributed by atoms with E-state index < -0.39 is 0 Å². The molecule has 1 heterocycles. The summed E-state index contributed by atoms with van der Waals surface area (Å²) in [6.45, 7) is 0. The van der Waals surface area contributed by atoms with Crippen molar-refractivity contribution < 1.29 is 4.42 Å². The number of furan rings is 1. The highest BCUT2D eigenvalue weighted by Gasteiger charge is 2.21. The van der Waals surface area contributed by atoms with E-state index in [9.17, 15) is 0 Å². The van der Waals surface area contributed by atoms with Crippen molar-refractivity contribution in [3.05, 3.63) is 237 Å². The quantitative estimate of drug-likeness (QED) is 0.153. The largest absolute Gasteiger partial charge is 0.455 e. The van der Waals surface area contributed by atoms with Crippen LogP contribution in [0.25, 0.3) is 88.3 Å². The molecule has 0 saturated heterocycles. The molecule has 1 aromatic heterocycles. The predicted molar refractivity (Wildman–Crippen MR) is 253 cm³/mol. The number of fused-ring (bicyclic) bond motifs is 4. The van der Waals surface area contributed by atoms with Gasteiger partial charge in [0.15, 0.2) is 0 Å². The molecule has 0 bridgehead atoms. The number of rotatable bonds is 8. The molecule has 0 unspecified atom stereocenters. The van der Waals surface area contributed by atoms with E-state index in [0.717, 1.165) is 72.4 Å². The Balaban J connectivity index is 1.11. The molecule has 0 N–H and O–H groups in total. The standard InChI is InChI=1S/C58H39NO/c1-3-16-40(17-4-1)46-37-47(41-18-5-2-6-19-41)39-49(38-46)59(48-34-32-43(33-35-48)53-28-15-29-55-54-26-10-12-31-57(54)60-58(53)55)56-30-11-9-25-52(56)45-23-13-22-44(36-45)51-27-14-21-42-20-7-8-24-50(42)51/h1-39H. The molecule has 0 spiro atoms. The van der Waals surface area contributed by atoms with Gasteiger partial charge in [-0.05, 0) is 104 Å². The predicted octanol–water partition coefficient (Wildman–Crippen LogP) is 16.5. The van der Waals surface area contributed by atoms with Gasteiger partial charge in [0.25, 0.3) is 0 Å². The summed E-state index contributed by atoms with van der Waals surface area (Å²) in [5, 5.41) is 4.74. The van der Waals surface area contributed by atoms with E-state index in [4.69, 9.17) is 4.42 Å². The molecule has 0 atom stereocenters. The van der Waals surface area contributed by atoms with Crippen molar-refractivity contribution >= 4 is 49.8 Å². The van der Waals surface area contributed by atoms with Crippen molar-refractivity contribution in [2.45, 2.75) is 0 Å². The van der Waals surface area contributed by atoms with Crippen molar-refractivity contribution in [2.24, 2.45) is 0 Å². The molecule has 0 aliphatic rings. The maximum absolute atomic E-state index is 6.48. The molecule has 2 nitrogen and oxygen atoms in total. The summed E-state index contributed by atoms with van der Waals surface area (Å²) in [5.74, 6) is 0. The first-order valence-corrected chi connectivity index (χ1v) is 20.5. The van der Waals surface area contributed by atoms with Crippen LogP contribution in [0.3, 0.4) is 0 Å². The van der Waals surface area contributed by atoms with Crippen LogP contribution in [0.5, 0.6) is 0 Å². The van der Waals surface area contributed by atoms with Crippen LogP contribution in [-0.4, -0.2) is 0 Å². The Morgan fingerprint density at radius 3 is 1.57 bits per heavy atom. The Bertz CT molecular complexity index is 3250. The van der Waals surface area contributed by atoms with Gasteiger partial charge in [0.1, 0.15) is 11.2 Å². The zero-order valence-corrected chi connectivity index (χ0v) is 32.9. The molecule has 11 aromatic rings. The Morgan fingerprint density at radius 2 is 0.800 bits per heavy atom. The van der Waals surface area contributed by atoms with E-state index in [-0.39, 0.29) is 0 Å². The van der Waals surface area contributed by atoms with E-state index in [1.807, 2.05) is 12.1 Å². The second-order valence-corrected chi connectivity index (χ2v) is 15.3. The molecule has 0 fully saturated rings. The van der Waals surface area contributed by atoms with Crippen LogP contribution in [0.4, 0.5) is 17.1 Å². The smallest absolute Gasteiger partial charge is 0.143 e. The molecule has 0 radical (unpaired) electrons. The normalized spacial score (nSPS) is 11.3. The SMILES string of the molecule is c1ccc(-c2cc(-c3ccccc3)cc(N(c3ccc(-c4cccc5c4oc4ccccc45)cc3)c3ccccc3-c3cccc(-c4cccc5ccccc45)c3)c2)cc1. The average molecular weight is 766 g/mol. The Kier molecular flexibility index (Phi) is 8.87. The monoisotopic (exact) mass is 765 g/mol. The highest BCUT2D eigenvalue weighted by molar-refractivity contribution is 6.09. The summed E-state index contributed by atoms with van der Waals surface area (Å²) < 4.78 is 6.48. The van der Waals surface area contributed by atoms with Crippen LogP contribution in [0.15, 0.2) is 241 Å². The number of anilines is 3. The van der Waals surface area contributed by atoms with Gasteiger partial charge in [0, 0.05) is 33.3 Å². The minimum Gasteiger partial charge on any atom is -0.455 e. The topological polar surface area (TPSA) is 16.4 Å². The summed E-state index contributed by atoms with van der Waals surface area (Å²) in [4.78, 5) is 2.42. The first-order valence-electron chi connectivity index (χ1n) is 20.5. The summed E-state index contributed by atoms with van der Waals surface area (Å²) in [6.07, 6.45) is 0. The van der Waals surface area contributed by atoms with Crippen LogP contribution in [-0.2, 0) is 0 Å². The fourth-order valence-corrected chi connectivity index (χ4v) is 8.77. The van der Waals surface area contributed by atoms with E-state index in [1.165, 1.54) is 33.0 Å². The lowest BCUT2D eigenvalue weighted by molar-refractivity contribution is 0.670. The Labute approximate surface area is 349 Å². The fraction of sp³-hybridized carbons (Fsp3) is 0. The Morgan fingerprint density at radius 1 is 0.283 bits per heavy atom.